The van der Waals surface area contributed by atoms with Gasteiger partial charge in [-0.1, -0.05) is 31.8 Å². The van der Waals surface area contributed by atoms with Gasteiger partial charge in [0.1, 0.15) is 24.5 Å². The number of hydrogen-bond acceptors (Lipinski definition) is 8. The maximum Gasteiger partial charge on any atom is 0.236 e. The summed E-state index contributed by atoms with van der Waals surface area (Å²) in [5.74, 6) is 0.898. The van der Waals surface area contributed by atoms with Gasteiger partial charge in [0.2, 0.25) is 10.0 Å². The maximum absolute atomic E-state index is 12.7. The molecule has 2 aromatic heterocycles. The van der Waals surface area contributed by atoms with Crippen molar-refractivity contribution in [2.75, 3.05) is 55.6 Å². The molecular weight excluding hydrogens is 520 g/mol. The third-order valence-electron chi connectivity index (χ3n) is 7.09. The van der Waals surface area contributed by atoms with Crippen LogP contribution in [0.15, 0.2) is 36.7 Å². The minimum atomic E-state index is -3.43. The van der Waals surface area contributed by atoms with Crippen molar-refractivity contribution >= 4 is 40.6 Å². The predicted octanol–water partition coefficient (Wildman–Crippen LogP) is 3.35. The van der Waals surface area contributed by atoms with Crippen molar-refractivity contribution in [1.82, 2.24) is 19.9 Å². The van der Waals surface area contributed by atoms with E-state index in [0.717, 1.165) is 53.8 Å². The van der Waals surface area contributed by atoms with Crippen LogP contribution in [0.5, 0.6) is 0 Å². The Balaban J connectivity index is 1.45. The Morgan fingerprint density at radius 3 is 2.61 bits per heavy atom. The summed E-state index contributed by atoms with van der Waals surface area (Å²) in [6.07, 6.45) is 2.24. The second-order valence-electron chi connectivity index (χ2n) is 11.2. The number of ether oxygens (including phenoxy) is 2. The van der Waals surface area contributed by atoms with Crippen LogP contribution in [-0.4, -0.2) is 82.3 Å². The highest BCUT2D eigenvalue weighted by molar-refractivity contribution is 7.93. The zero-order valence-corrected chi connectivity index (χ0v) is 24.3. The van der Waals surface area contributed by atoms with Gasteiger partial charge in [-0.25, -0.2) is 18.4 Å². The molecule has 1 aromatic carbocycles. The SMILES string of the molecule is C[Si](C)(C)CCOCn1c(-c2ccc(NS(=O)(=O)C3CCNC3)cc2)cc2c(N3CCOCC3)ncnc21. The van der Waals surface area contributed by atoms with E-state index in [1.807, 2.05) is 24.3 Å². The highest BCUT2D eigenvalue weighted by atomic mass is 32.2. The van der Waals surface area contributed by atoms with Gasteiger partial charge < -0.3 is 24.3 Å². The van der Waals surface area contributed by atoms with Gasteiger partial charge in [-0.15, -0.1) is 0 Å². The lowest BCUT2D eigenvalue weighted by Crippen LogP contribution is -2.36. The molecule has 4 heterocycles. The number of aromatic nitrogens is 3. The lowest BCUT2D eigenvalue weighted by Gasteiger charge is -2.28. The van der Waals surface area contributed by atoms with Crippen molar-refractivity contribution in [3.8, 4) is 11.3 Å². The van der Waals surface area contributed by atoms with Gasteiger partial charge in [-0.05, 0) is 42.8 Å². The summed E-state index contributed by atoms with van der Waals surface area (Å²) < 4.78 is 42.0. The van der Waals surface area contributed by atoms with E-state index in [-0.39, 0.29) is 0 Å². The van der Waals surface area contributed by atoms with E-state index in [4.69, 9.17) is 9.47 Å². The molecule has 2 N–H and O–H groups in total. The smallest absolute Gasteiger partial charge is 0.236 e. The van der Waals surface area contributed by atoms with E-state index >= 15 is 0 Å². The highest BCUT2D eigenvalue weighted by Crippen LogP contribution is 2.33. The first-order valence-corrected chi connectivity index (χ1v) is 18.5. The number of sulfonamides is 1. The summed E-state index contributed by atoms with van der Waals surface area (Å²) in [6.45, 7) is 12.2. The quantitative estimate of drug-likeness (QED) is 0.288. The van der Waals surface area contributed by atoms with Gasteiger partial charge in [0.15, 0.2) is 0 Å². The van der Waals surface area contributed by atoms with Crippen molar-refractivity contribution in [2.24, 2.45) is 0 Å². The van der Waals surface area contributed by atoms with E-state index in [9.17, 15) is 8.42 Å². The normalized spacial score (nSPS) is 18.8. The molecular formula is C26H38N6O4SSi. The molecule has 0 bridgehead atoms. The summed E-state index contributed by atoms with van der Waals surface area (Å²) in [4.78, 5) is 11.5. The molecule has 0 radical (unpaired) electrons. The van der Waals surface area contributed by atoms with Crippen molar-refractivity contribution in [3.05, 3.63) is 36.7 Å². The molecule has 5 rings (SSSR count). The molecule has 0 spiro atoms. The Morgan fingerprint density at radius 1 is 1.16 bits per heavy atom. The Morgan fingerprint density at radius 2 is 1.92 bits per heavy atom. The number of nitrogens with zero attached hydrogens (tertiary/aromatic N) is 4. The molecule has 1 atom stereocenters. The van der Waals surface area contributed by atoms with Gasteiger partial charge in [-0.3, -0.25) is 4.72 Å². The van der Waals surface area contributed by atoms with Gasteiger partial charge in [0.25, 0.3) is 0 Å². The van der Waals surface area contributed by atoms with Crippen LogP contribution >= 0.6 is 0 Å². The second-order valence-corrected chi connectivity index (χ2v) is 18.8. The molecule has 0 saturated carbocycles. The molecule has 10 nitrogen and oxygen atoms in total. The van der Waals surface area contributed by atoms with Crippen LogP contribution in [0.25, 0.3) is 22.3 Å². The van der Waals surface area contributed by atoms with E-state index < -0.39 is 23.3 Å². The first-order valence-electron chi connectivity index (χ1n) is 13.3. The van der Waals surface area contributed by atoms with Crippen molar-refractivity contribution in [3.63, 3.8) is 0 Å². The molecule has 2 aliphatic rings. The lowest BCUT2D eigenvalue weighted by molar-refractivity contribution is 0.0909. The first-order chi connectivity index (χ1) is 18.2. The topological polar surface area (TPSA) is 111 Å². The van der Waals surface area contributed by atoms with E-state index in [1.54, 1.807) is 6.33 Å². The van der Waals surface area contributed by atoms with E-state index in [1.165, 1.54) is 0 Å². The maximum atomic E-state index is 12.7. The molecule has 1 unspecified atom stereocenters. The van der Waals surface area contributed by atoms with Crippen LogP contribution in [-0.2, 0) is 26.2 Å². The van der Waals surface area contributed by atoms with Crippen LogP contribution < -0.4 is 14.9 Å². The Bertz CT molecular complexity index is 1340. The Kier molecular flexibility index (Phi) is 8.05. The fourth-order valence-corrected chi connectivity index (χ4v) is 6.98. The van der Waals surface area contributed by atoms with E-state index in [0.29, 0.717) is 45.2 Å². The highest BCUT2D eigenvalue weighted by Gasteiger charge is 2.28. The fourth-order valence-electron chi connectivity index (χ4n) is 4.83. The summed E-state index contributed by atoms with van der Waals surface area (Å²) in [5.41, 5.74) is 3.29. The molecule has 2 saturated heterocycles. The van der Waals surface area contributed by atoms with Crippen molar-refractivity contribution in [2.45, 2.75) is 44.1 Å². The Labute approximate surface area is 225 Å². The minimum absolute atomic E-state index is 0.381. The van der Waals surface area contributed by atoms with Crippen molar-refractivity contribution < 1.29 is 17.9 Å². The van der Waals surface area contributed by atoms with Crippen LogP contribution in [0, 0.1) is 0 Å². The number of anilines is 2. The fraction of sp³-hybridized carbons (Fsp3) is 0.538. The number of hydrogen-bond donors (Lipinski definition) is 2. The van der Waals surface area contributed by atoms with Crippen LogP contribution in [0.3, 0.4) is 0 Å². The molecule has 2 aliphatic heterocycles. The van der Waals surface area contributed by atoms with Gasteiger partial charge in [-0.2, -0.15) is 0 Å². The molecule has 3 aromatic rings. The summed E-state index contributed by atoms with van der Waals surface area (Å²) in [5, 5.41) is 3.68. The number of morpholine rings is 1. The zero-order valence-electron chi connectivity index (χ0n) is 22.4. The molecule has 38 heavy (non-hydrogen) atoms. The summed E-state index contributed by atoms with van der Waals surface area (Å²) >= 11 is 0. The molecule has 0 aliphatic carbocycles. The number of benzene rings is 1. The van der Waals surface area contributed by atoms with Crippen molar-refractivity contribution in [1.29, 1.82) is 0 Å². The molecule has 2 fully saturated rings. The Hall–Kier alpha value is -2.51. The number of nitrogens with one attached hydrogen (secondary N) is 2. The largest absolute Gasteiger partial charge is 0.378 e. The first kappa shape index (κ1) is 27.1. The van der Waals surface area contributed by atoms with Gasteiger partial charge >= 0.3 is 0 Å². The lowest BCUT2D eigenvalue weighted by atomic mass is 10.1. The predicted molar refractivity (Wildman–Crippen MR) is 154 cm³/mol. The third kappa shape index (κ3) is 6.20. The monoisotopic (exact) mass is 558 g/mol. The second kappa shape index (κ2) is 11.3. The molecule has 0 amide bonds. The zero-order chi connectivity index (χ0) is 26.8. The van der Waals surface area contributed by atoms with Crippen LogP contribution in [0.2, 0.25) is 25.7 Å². The number of fused-ring (bicyclic) bond motifs is 1. The average Bonchev–Trinajstić information content (AvgIpc) is 3.56. The summed E-state index contributed by atoms with van der Waals surface area (Å²) in [6, 6.07) is 10.7. The van der Waals surface area contributed by atoms with Crippen LogP contribution in [0.1, 0.15) is 6.42 Å². The molecule has 206 valence electrons. The number of rotatable bonds is 10. The van der Waals surface area contributed by atoms with E-state index in [2.05, 4.69) is 55.2 Å². The third-order valence-corrected chi connectivity index (χ3v) is 10.6. The standard InChI is InChI=1S/C26H38N6O4SSi/c1-38(2,3)15-14-36-19-32-24(16-23-25(28-18-29-26(23)32)31-10-12-35-13-11-31)20-4-6-21(7-5-20)30-37(33,34)22-8-9-27-17-22/h4-7,16,18,22,27,30H,8-15,17,19H2,1-3H3. The van der Waals surface area contributed by atoms with Gasteiger partial charge in [0.05, 0.1) is 29.5 Å². The molecule has 12 heteroatoms. The van der Waals surface area contributed by atoms with Gasteiger partial charge in [0, 0.05) is 40.0 Å². The summed E-state index contributed by atoms with van der Waals surface area (Å²) in [7, 11) is -4.65. The van der Waals surface area contributed by atoms with Crippen LogP contribution in [0.4, 0.5) is 11.5 Å². The average molecular weight is 559 g/mol. The minimum Gasteiger partial charge on any atom is -0.378 e.